The number of nitrogens with one attached hydrogen (secondary N) is 1. The second-order valence-electron chi connectivity index (χ2n) is 4.37. The van der Waals surface area contributed by atoms with Crippen molar-refractivity contribution in [3.63, 3.8) is 0 Å². The maximum atomic E-state index is 12.1. The molecular weight excluding hydrogens is 276 g/mol. The average molecular weight is 291 g/mol. The molecule has 0 radical (unpaired) electrons. The third-order valence-corrected chi connectivity index (χ3v) is 3.24. The number of aryl methyl sites for hydroxylation is 1. The number of benzene rings is 2. The topological polar surface area (TPSA) is 64.3 Å². The number of amides is 1. The van der Waals surface area contributed by atoms with E-state index >= 15 is 0 Å². The van der Waals surface area contributed by atoms with Crippen molar-refractivity contribution in [2.75, 3.05) is 18.2 Å². The van der Waals surface area contributed by atoms with Crippen molar-refractivity contribution < 1.29 is 9.53 Å². The number of ether oxygens (including phenoxy) is 1. The molecule has 0 saturated carbocycles. The molecule has 0 spiro atoms. The van der Waals surface area contributed by atoms with Gasteiger partial charge in [-0.3, -0.25) is 4.79 Å². The minimum Gasteiger partial charge on any atom is -0.496 e. The number of carbonyl (C=O) groups excluding carboxylic acids is 1. The Kier molecular flexibility index (Phi) is 4.15. The van der Waals surface area contributed by atoms with Gasteiger partial charge in [-0.25, -0.2) is 0 Å². The van der Waals surface area contributed by atoms with Crippen molar-refractivity contribution >= 4 is 28.9 Å². The molecule has 2 aromatic carbocycles. The molecule has 0 unspecified atom stereocenters. The molecule has 5 heteroatoms. The Morgan fingerprint density at radius 3 is 2.60 bits per heavy atom. The van der Waals surface area contributed by atoms with E-state index in [4.69, 9.17) is 22.1 Å². The van der Waals surface area contributed by atoms with Crippen LogP contribution in [0.2, 0.25) is 5.02 Å². The van der Waals surface area contributed by atoms with E-state index in [0.717, 1.165) is 11.3 Å². The number of hydrogen-bond donors (Lipinski definition) is 2. The summed E-state index contributed by atoms with van der Waals surface area (Å²) in [5.41, 5.74) is 8.16. The number of methoxy groups -OCH3 is 1. The number of hydrogen-bond acceptors (Lipinski definition) is 3. The third-order valence-electron chi connectivity index (χ3n) is 2.92. The van der Waals surface area contributed by atoms with Crippen molar-refractivity contribution in [1.82, 2.24) is 0 Å². The molecule has 104 valence electrons. The van der Waals surface area contributed by atoms with Gasteiger partial charge < -0.3 is 15.8 Å². The Morgan fingerprint density at radius 1 is 1.25 bits per heavy atom. The van der Waals surface area contributed by atoms with Gasteiger partial charge in [-0.05, 0) is 48.9 Å². The lowest BCUT2D eigenvalue weighted by atomic mass is 10.1. The quantitative estimate of drug-likeness (QED) is 0.851. The van der Waals surface area contributed by atoms with Crippen LogP contribution in [0.15, 0.2) is 36.4 Å². The minimum absolute atomic E-state index is 0.239. The maximum absolute atomic E-state index is 12.1. The van der Waals surface area contributed by atoms with E-state index in [1.807, 2.05) is 13.0 Å². The molecule has 0 aliphatic heterocycles. The molecule has 4 nitrogen and oxygen atoms in total. The monoisotopic (exact) mass is 290 g/mol. The Hall–Kier alpha value is -2.20. The van der Waals surface area contributed by atoms with E-state index in [2.05, 4.69) is 5.32 Å². The minimum atomic E-state index is -0.239. The second-order valence-corrected chi connectivity index (χ2v) is 4.78. The van der Waals surface area contributed by atoms with E-state index in [1.165, 1.54) is 0 Å². The van der Waals surface area contributed by atoms with E-state index in [0.29, 0.717) is 22.0 Å². The first-order valence-corrected chi connectivity index (χ1v) is 6.40. The lowest BCUT2D eigenvalue weighted by molar-refractivity contribution is 0.102. The molecule has 20 heavy (non-hydrogen) atoms. The molecule has 0 bridgehead atoms. The van der Waals surface area contributed by atoms with Gasteiger partial charge in [0, 0.05) is 11.3 Å². The Morgan fingerprint density at radius 2 is 2.00 bits per heavy atom. The number of nitrogens with two attached hydrogens (primary N) is 1. The van der Waals surface area contributed by atoms with Crippen LogP contribution in [0, 0.1) is 6.92 Å². The Balaban J connectivity index is 2.19. The van der Waals surface area contributed by atoms with Gasteiger partial charge in [-0.2, -0.15) is 0 Å². The smallest absolute Gasteiger partial charge is 0.255 e. The molecule has 0 heterocycles. The number of halogens is 1. The van der Waals surface area contributed by atoms with E-state index in [-0.39, 0.29) is 5.91 Å². The van der Waals surface area contributed by atoms with Gasteiger partial charge >= 0.3 is 0 Å². The second kappa shape index (κ2) is 5.84. The van der Waals surface area contributed by atoms with Crippen molar-refractivity contribution in [3.05, 3.63) is 52.5 Å². The molecule has 0 fully saturated rings. The number of rotatable bonds is 3. The van der Waals surface area contributed by atoms with E-state index < -0.39 is 0 Å². The number of carbonyl (C=O) groups is 1. The van der Waals surface area contributed by atoms with Crippen LogP contribution in [0.1, 0.15) is 15.9 Å². The number of anilines is 2. The summed E-state index contributed by atoms with van der Waals surface area (Å²) in [7, 11) is 1.61. The first kappa shape index (κ1) is 14.2. The summed E-state index contributed by atoms with van der Waals surface area (Å²) in [6.07, 6.45) is 0. The highest BCUT2D eigenvalue weighted by molar-refractivity contribution is 6.33. The highest BCUT2D eigenvalue weighted by Crippen LogP contribution is 2.23. The van der Waals surface area contributed by atoms with Crippen LogP contribution in [0.3, 0.4) is 0 Å². The van der Waals surface area contributed by atoms with Crippen molar-refractivity contribution in [2.24, 2.45) is 0 Å². The van der Waals surface area contributed by atoms with Crippen LogP contribution in [0.4, 0.5) is 11.4 Å². The lowest BCUT2D eigenvalue weighted by Crippen LogP contribution is -2.12. The SMILES string of the molecule is COc1ccc(NC(=O)c2ccc(N)c(Cl)c2)cc1C. The molecule has 0 aromatic heterocycles. The summed E-state index contributed by atoms with van der Waals surface area (Å²) >= 11 is 5.90. The fourth-order valence-corrected chi connectivity index (χ4v) is 2.01. The first-order chi connectivity index (χ1) is 9.51. The summed E-state index contributed by atoms with van der Waals surface area (Å²) in [6, 6.07) is 10.2. The lowest BCUT2D eigenvalue weighted by Gasteiger charge is -2.09. The highest BCUT2D eigenvalue weighted by Gasteiger charge is 2.09. The van der Waals surface area contributed by atoms with Gasteiger partial charge in [0.1, 0.15) is 5.75 Å². The van der Waals surface area contributed by atoms with Gasteiger partial charge in [0.15, 0.2) is 0 Å². The highest BCUT2D eigenvalue weighted by atomic mass is 35.5. The predicted molar refractivity (Wildman–Crippen MR) is 81.5 cm³/mol. The summed E-state index contributed by atoms with van der Waals surface area (Å²) in [6.45, 7) is 1.91. The summed E-state index contributed by atoms with van der Waals surface area (Å²) in [5, 5.41) is 3.17. The van der Waals surface area contributed by atoms with Crippen LogP contribution in [-0.4, -0.2) is 13.0 Å². The Bertz CT molecular complexity index is 656. The summed E-state index contributed by atoms with van der Waals surface area (Å²) in [4.78, 5) is 12.1. The zero-order chi connectivity index (χ0) is 14.7. The normalized spacial score (nSPS) is 10.2. The van der Waals surface area contributed by atoms with Gasteiger partial charge in [-0.15, -0.1) is 0 Å². The molecule has 0 saturated heterocycles. The molecule has 0 aliphatic carbocycles. The van der Waals surface area contributed by atoms with Crippen LogP contribution in [-0.2, 0) is 0 Å². The average Bonchev–Trinajstić information content (AvgIpc) is 2.42. The van der Waals surface area contributed by atoms with Crippen LogP contribution in [0.25, 0.3) is 0 Å². The zero-order valence-corrected chi connectivity index (χ0v) is 12.0. The largest absolute Gasteiger partial charge is 0.496 e. The van der Waals surface area contributed by atoms with Crippen LogP contribution in [0.5, 0.6) is 5.75 Å². The summed E-state index contributed by atoms with van der Waals surface area (Å²) in [5.74, 6) is 0.537. The van der Waals surface area contributed by atoms with Crippen LogP contribution < -0.4 is 15.8 Å². The van der Waals surface area contributed by atoms with E-state index in [1.54, 1.807) is 37.4 Å². The molecular formula is C15H15ClN2O2. The van der Waals surface area contributed by atoms with Gasteiger partial charge in [-0.1, -0.05) is 11.6 Å². The molecule has 0 atom stereocenters. The molecule has 0 aliphatic rings. The molecule has 3 N–H and O–H groups in total. The molecule has 2 rings (SSSR count). The fourth-order valence-electron chi connectivity index (χ4n) is 1.83. The molecule has 1 amide bonds. The van der Waals surface area contributed by atoms with Crippen LogP contribution >= 0.6 is 11.6 Å². The Labute approximate surface area is 122 Å². The van der Waals surface area contributed by atoms with Gasteiger partial charge in [0.2, 0.25) is 0 Å². The number of nitrogen functional groups attached to an aromatic ring is 1. The molecule has 2 aromatic rings. The predicted octanol–water partition coefficient (Wildman–Crippen LogP) is 3.49. The fraction of sp³-hybridized carbons (Fsp3) is 0.133. The summed E-state index contributed by atoms with van der Waals surface area (Å²) < 4.78 is 5.17. The first-order valence-electron chi connectivity index (χ1n) is 6.02. The third kappa shape index (κ3) is 3.03. The van der Waals surface area contributed by atoms with Gasteiger partial charge in [0.25, 0.3) is 5.91 Å². The van der Waals surface area contributed by atoms with Crippen molar-refractivity contribution in [2.45, 2.75) is 6.92 Å². The zero-order valence-electron chi connectivity index (χ0n) is 11.2. The van der Waals surface area contributed by atoms with Gasteiger partial charge in [0.05, 0.1) is 17.8 Å². The standard InChI is InChI=1S/C15H15ClN2O2/c1-9-7-11(4-6-14(9)20-2)18-15(19)10-3-5-13(17)12(16)8-10/h3-8H,17H2,1-2H3,(H,18,19). The maximum Gasteiger partial charge on any atom is 0.255 e. The van der Waals surface area contributed by atoms with Crippen molar-refractivity contribution in [3.8, 4) is 5.75 Å². The van der Waals surface area contributed by atoms with Crippen molar-refractivity contribution in [1.29, 1.82) is 0 Å². The van der Waals surface area contributed by atoms with E-state index in [9.17, 15) is 4.79 Å².